The molecule has 1 N–H and O–H groups in total. The molecule has 82 valence electrons. The van der Waals surface area contributed by atoms with Crippen molar-refractivity contribution < 1.29 is 14.6 Å². The fourth-order valence-corrected chi connectivity index (χ4v) is 1.24. The lowest BCUT2D eigenvalue weighted by molar-refractivity contribution is -0.112. The molecular formula is C11H15NO3. The Hall–Kier alpha value is -1.42. The highest BCUT2D eigenvalue weighted by Crippen LogP contribution is 2.25. The summed E-state index contributed by atoms with van der Waals surface area (Å²) in [7, 11) is 0. The van der Waals surface area contributed by atoms with Crippen molar-refractivity contribution in [3.63, 3.8) is 0 Å². The molecule has 4 heteroatoms. The van der Waals surface area contributed by atoms with Crippen molar-refractivity contribution >= 4 is 6.29 Å². The molecule has 0 radical (unpaired) electrons. The Morgan fingerprint density at radius 3 is 2.93 bits per heavy atom. The van der Waals surface area contributed by atoms with Crippen LogP contribution >= 0.6 is 0 Å². The first-order valence-corrected chi connectivity index (χ1v) is 4.84. The zero-order chi connectivity index (χ0) is 11.3. The molecule has 0 aliphatic rings. The molecule has 0 aliphatic heterocycles. The van der Waals surface area contributed by atoms with Gasteiger partial charge < -0.3 is 14.6 Å². The van der Waals surface area contributed by atoms with Gasteiger partial charge >= 0.3 is 0 Å². The van der Waals surface area contributed by atoms with Gasteiger partial charge in [-0.1, -0.05) is 0 Å². The minimum Gasteiger partial charge on any atom is -0.492 e. The lowest BCUT2D eigenvalue weighted by atomic mass is 9.95. The van der Waals surface area contributed by atoms with E-state index in [0.717, 1.165) is 0 Å². The maximum Gasteiger partial charge on any atom is 0.137 e. The summed E-state index contributed by atoms with van der Waals surface area (Å²) in [6.45, 7) is 3.99. The fraction of sp³-hybridized carbons (Fsp3) is 0.455. The van der Waals surface area contributed by atoms with E-state index in [9.17, 15) is 9.90 Å². The third kappa shape index (κ3) is 3.02. The molecule has 1 aromatic rings. The highest BCUT2D eigenvalue weighted by molar-refractivity contribution is 5.52. The lowest BCUT2D eigenvalue weighted by Crippen LogP contribution is -2.21. The van der Waals surface area contributed by atoms with Crippen LogP contribution in [0.4, 0.5) is 0 Å². The third-order valence-electron chi connectivity index (χ3n) is 2.13. The number of aromatic nitrogens is 1. The van der Waals surface area contributed by atoms with Crippen molar-refractivity contribution in [3.8, 4) is 5.75 Å². The smallest absolute Gasteiger partial charge is 0.137 e. The molecule has 0 bridgehead atoms. The van der Waals surface area contributed by atoms with E-state index in [-0.39, 0.29) is 6.42 Å². The number of carbonyl (C=O) groups excluding carboxylic acids is 1. The van der Waals surface area contributed by atoms with Crippen molar-refractivity contribution in [1.29, 1.82) is 0 Å². The minimum atomic E-state index is -1.18. The Morgan fingerprint density at radius 2 is 2.33 bits per heavy atom. The van der Waals surface area contributed by atoms with E-state index in [1.165, 1.54) is 6.20 Å². The molecule has 4 nitrogen and oxygen atoms in total. The SMILES string of the molecule is CCOc1cncc(C(C)(O)CC=O)c1. The van der Waals surface area contributed by atoms with Crippen molar-refractivity contribution in [2.45, 2.75) is 25.9 Å². The van der Waals surface area contributed by atoms with Crippen LogP contribution in [0.1, 0.15) is 25.8 Å². The monoisotopic (exact) mass is 209 g/mol. The van der Waals surface area contributed by atoms with Crippen LogP contribution in [0.25, 0.3) is 0 Å². The molecule has 0 aliphatic carbocycles. The number of pyridine rings is 1. The van der Waals surface area contributed by atoms with E-state index < -0.39 is 5.60 Å². The van der Waals surface area contributed by atoms with E-state index in [2.05, 4.69) is 4.98 Å². The van der Waals surface area contributed by atoms with Crippen molar-refractivity contribution in [1.82, 2.24) is 4.98 Å². The average molecular weight is 209 g/mol. The van der Waals surface area contributed by atoms with Crippen LogP contribution in [0.5, 0.6) is 5.75 Å². The Bertz CT molecular complexity index is 336. The van der Waals surface area contributed by atoms with Gasteiger partial charge in [0, 0.05) is 18.2 Å². The predicted octanol–water partition coefficient (Wildman–Crippen LogP) is 1.28. The number of aldehydes is 1. The number of hydrogen-bond acceptors (Lipinski definition) is 4. The Labute approximate surface area is 88.9 Å². The molecule has 0 saturated carbocycles. The first-order chi connectivity index (χ1) is 7.10. The van der Waals surface area contributed by atoms with Crippen LogP contribution in [0.3, 0.4) is 0 Å². The second-order valence-electron chi connectivity index (χ2n) is 3.49. The van der Waals surface area contributed by atoms with Gasteiger partial charge in [-0.15, -0.1) is 0 Å². The van der Waals surface area contributed by atoms with E-state index in [0.29, 0.717) is 24.2 Å². The number of carbonyl (C=O) groups is 1. The van der Waals surface area contributed by atoms with E-state index in [1.807, 2.05) is 6.92 Å². The number of nitrogens with zero attached hydrogens (tertiary/aromatic N) is 1. The first kappa shape index (κ1) is 11.7. The van der Waals surface area contributed by atoms with E-state index >= 15 is 0 Å². The van der Waals surface area contributed by atoms with Gasteiger partial charge in [-0.05, 0) is 19.9 Å². The second-order valence-corrected chi connectivity index (χ2v) is 3.49. The minimum absolute atomic E-state index is 0.0459. The predicted molar refractivity (Wildman–Crippen MR) is 55.7 cm³/mol. The van der Waals surface area contributed by atoms with Gasteiger partial charge in [0.25, 0.3) is 0 Å². The van der Waals surface area contributed by atoms with E-state index in [4.69, 9.17) is 4.74 Å². The molecule has 1 atom stereocenters. The normalized spacial score (nSPS) is 14.3. The quantitative estimate of drug-likeness (QED) is 0.742. The lowest BCUT2D eigenvalue weighted by Gasteiger charge is -2.20. The second kappa shape index (κ2) is 4.89. The Morgan fingerprint density at radius 1 is 1.60 bits per heavy atom. The summed E-state index contributed by atoms with van der Waals surface area (Å²) in [5, 5.41) is 9.95. The molecular weight excluding hydrogens is 194 g/mol. The average Bonchev–Trinajstić information content (AvgIpc) is 2.19. The molecule has 1 unspecified atom stereocenters. The first-order valence-electron chi connectivity index (χ1n) is 4.84. The number of ether oxygens (including phenoxy) is 1. The van der Waals surface area contributed by atoms with Crippen LogP contribution in [0.15, 0.2) is 18.5 Å². The molecule has 0 fully saturated rings. The Kier molecular flexibility index (Phi) is 3.80. The molecule has 0 saturated heterocycles. The van der Waals surface area contributed by atoms with Crippen LogP contribution in [0.2, 0.25) is 0 Å². The van der Waals surface area contributed by atoms with Gasteiger partial charge in [-0.2, -0.15) is 0 Å². The standard InChI is InChI=1S/C11H15NO3/c1-3-15-10-6-9(7-12-8-10)11(2,14)4-5-13/h5-8,14H,3-4H2,1-2H3. The van der Waals surface area contributed by atoms with Gasteiger partial charge in [0.15, 0.2) is 0 Å². The molecule has 1 rings (SSSR count). The molecule has 0 amide bonds. The van der Waals surface area contributed by atoms with Crippen LogP contribution in [-0.4, -0.2) is 23.0 Å². The van der Waals surface area contributed by atoms with Crippen molar-refractivity contribution in [3.05, 3.63) is 24.0 Å². The van der Waals surface area contributed by atoms with E-state index in [1.54, 1.807) is 19.2 Å². The zero-order valence-corrected chi connectivity index (χ0v) is 8.93. The summed E-state index contributed by atoms with van der Waals surface area (Å²) in [6, 6.07) is 1.69. The topological polar surface area (TPSA) is 59.4 Å². The summed E-state index contributed by atoms with van der Waals surface area (Å²) < 4.78 is 5.26. The maximum absolute atomic E-state index is 10.4. The highest BCUT2D eigenvalue weighted by Gasteiger charge is 2.23. The molecule has 15 heavy (non-hydrogen) atoms. The zero-order valence-electron chi connectivity index (χ0n) is 8.93. The summed E-state index contributed by atoms with van der Waals surface area (Å²) in [6.07, 6.45) is 3.84. The third-order valence-corrected chi connectivity index (χ3v) is 2.13. The van der Waals surface area contributed by atoms with Gasteiger partial charge in [-0.3, -0.25) is 4.98 Å². The fourth-order valence-electron chi connectivity index (χ4n) is 1.24. The molecule has 0 spiro atoms. The number of rotatable bonds is 5. The van der Waals surface area contributed by atoms with Gasteiger partial charge in [-0.25, -0.2) is 0 Å². The molecule has 0 aromatic carbocycles. The van der Waals surface area contributed by atoms with Crippen LogP contribution in [0, 0.1) is 0 Å². The number of hydrogen-bond donors (Lipinski definition) is 1. The van der Waals surface area contributed by atoms with Crippen LogP contribution in [-0.2, 0) is 10.4 Å². The summed E-state index contributed by atoms with van der Waals surface area (Å²) >= 11 is 0. The molecule has 1 aromatic heterocycles. The van der Waals surface area contributed by atoms with Crippen molar-refractivity contribution in [2.24, 2.45) is 0 Å². The van der Waals surface area contributed by atoms with Crippen molar-refractivity contribution in [2.75, 3.05) is 6.61 Å². The maximum atomic E-state index is 10.4. The van der Waals surface area contributed by atoms with Crippen LogP contribution < -0.4 is 4.74 Å². The van der Waals surface area contributed by atoms with Gasteiger partial charge in [0.2, 0.25) is 0 Å². The largest absolute Gasteiger partial charge is 0.492 e. The Balaban J connectivity index is 2.93. The summed E-state index contributed by atoms with van der Waals surface area (Å²) in [4.78, 5) is 14.3. The van der Waals surface area contributed by atoms with Gasteiger partial charge in [0.1, 0.15) is 12.0 Å². The van der Waals surface area contributed by atoms with Gasteiger partial charge in [0.05, 0.1) is 18.4 Å². The summed E-state index contributed by atoms with van der Waals surface area (Å²) in [5.74, 6) is 0.598. The number of aliphatic hydroxyl groups is 1. The highest BCUT2D eigenvalue weighted by atomic mass is 16.5. The molecule has 1 heterocycles. The summed E-state index contributed by atoms with van der Waals surface area (Å²) in [5.41, 5.74) is -0.595.